The molecule has 0 amide bonds. The van der Waals surface area contributed by atoms with Crippen molar-refractivity contribution in [2.45, 2.75) is 4.17 Å². The molecule has 0 spiro atoms. The second-order valence-corrected chi connectivity index (χ2v) is 5.06. The highest BCUT2D eigenvalue weighted by molar-refractivity contribution is 8.16. The molecule has 0 fully saturated rings. The highest BCUT2D eigenvalue weighted by Gasteiger charge is 2.14. The fourth-order valence-electron chi connectivity index (χ4n) is 0. The first kappa shape index (κ1) is 11.5. The van der Waals surface area contributed by atoms with Crippen LogP contribution in [0, 0.1) is 0 Å². The Kier molecular flexibility index (Phi) is 5.36. The lowest BCUT2D eigenvalue weighted by molar-refractivity contribution is 0.612. The molecular weight excluding hydrogens is 201 g/mol. The summed E-state index contributed by atoms with van der Waals surface area (Å²) in [6.45, 7) is 0. The Balaban J connectivity index is 0. The van der Waals surface area contributed by atoms with Gasteiger partial charge in [0.1, 0.15) is 0 Å². The number of hydrogen-bond donors (Lipinski definition) is 0. The Morgan fingerprint density at radius 2 is 1.38 bits per heavy atom. The van der Waals surface area contributed by atoms with Crippen LogP contribution in [0.25, 0.3) is 0 Å². The van der Waals surface area contributed by atoms with E-state index in [4.69, 9.17) is 23.2 Å². The Morgan fingerprint density at radius 1 is 1.25 bits per heavy atom. The second kappa shape index (κ2) is 3.71. The van der Waals surface area contributed by atoms with E-state index in [1.54, 1.807) is 0 Å². The fraction of sp³-hybridized carbons (Fsp3) is 1.00. The van der Waals surface area contributed by atoms with Gasteiger partial charge in [0.05, 0.1) is 0 Å². The second-order valence-electron chi connectivity index (χ2n) is 0.736. The van der Waals surface area contributed by atoms with E-state index in [2.05, 4.69) is 10.7 Å². The lowest BCUT2D eigenvalue weighted by Crippen LogP contribution is -1.97. The van der Waals surface area contributed by atoms with Crippen LogP contribution in [0.2, 0.25) is 0 Å². The molecule has 0 radical (unpaired) electrons. The summed E-state index contributed by atoms with van der Waals surface area (Å²) in [5.74, 6) is 0. The molecule has 0 N–H and O–H groups in total. The molecule has 2 nitrogen and oxygen atoms in total. The highest BCUT2D eigenvalue weighted by Crippen LogP contribution is 2.14. The smallest absolute Gasteiger partial charge is 0.263 e. The Bertz CT molecular complexity index is 139. The van der Waals surface area contributed by atoms with E-state index in [9.17, 15) is 8.42 Å². The van der Waals surface area contributed by atoms with E-state index in [0.29, 0.717) is 0 Å². The molecule has 7 heteroatoms. The molecule has 0 aliphatic rings. The van der Waals surface area contributed by atoms with Crippen LogP contribution in [0.3, 0.4) is 0 Å². The summed E-state index contributed by atoms with van der Waals surface area (Å²) >= 11 is 9.60. The van der Waals surface area contributed by atoms with Gasteiger partial charge < -0.3 is 0 Å². The van der Waals surface area contributed by atoms with Gasteiger partial charge in [-0.05, 0) is 0 Å². The maximum absolute atomic E-state index is 9.83. The lowest BCUT2D eigenvalue weighted by atomic mass is 11.9. The van der Waals surface area contributed by atoms with Crippen LogP contribution in [0.15, 0.2) is 0 Å². The summed E-state index contributed by atoms with van der Waals surface area (Å²) < 4.78 is 18.1. The van der Waals surface area contributed by atoms with Crippen LogP contribution in [0.1, 0.15) is 0 Å². The average molecular weight is 203 g/mol. The Hall–Kier alpha value is 0.750. The van der Waals surface area contributed by atoms with Crippen molar-refractivity contribution in [3.8, 4) is 0 Å². The summed E-state index contributed by atoms with van der Waals surface area (Å²) in [5, 5.41) is 0. The fourth-order valence-corrected chi connectivity index (χ4v) is 0. The van der Waals surface area contributed by atoms with Crippen LogP contribution in [0.5, 0.6) is 0 Å². The van der Waals surface area contributed by atoms with Crippen molar-refractivity contribution in [1.29, 1.82) is 0 Å². The van der Waals surface area contributed by atoms with Gasteiger partial charge in [0.15, 0.2) is 0 Å². The van der Waals surface area contributed by atoms with E-state index in [0.717, 1.165) is 0 Å². The normalized spacial score (nSPS) is 11.0. The standard InChI is InChI=1S/CHCl3O2S.FH/c2-1(3)7(4,5)6;/h1H;1H. The third-order valence-electron chi connectivity index (χ3n) is 0.213. The molecule has 0 aliphatic carbocycles. The van der Waals surface area contributed by atoms with E-state index in [-0.39, 0.29) is 4.70 Å². The first-order valence-electron chi connectivity index (χ1n) is 1.16. The minimum absolute atomic E-state index is 0. The van der Waals surface area contributed by atoms with Crippen LogP contribution < -0.4 is 0 Å². The molecule has 0 atom stereocenters. The van der Waals surface area contributed by atoms with Crippen LogP contribution in [-0.2, 0) is 9.05 Å². The molecule has 0 heterocycles. The molecule has 0 aromatic carbocycles. The summed E-state index contributed by atoms with van der Waals surface area (Å²) in [6.07, 6.45) is 0. The molecule has 0 rings (SSSR count). The predicted molar refractivity (Wildman–Crippen MR) is 32.8 cm³/mol. The molecule has 0 aliphatic heterocycles. The molecule has 0 unspecified atom stereocenters. The minimum atomic E-state index is -3.74. The maximum Gasteiger partial charge on any atom is 0.263 e. The molecule has 52 valence electrons. The average Bonchev–Trinajstić information content (AvgIpc) is 1.31. The van der Waals surface area contributed by atoms with Gasteiger partial charge in [-0.25, -0.2) is 8.42 Å². The van der Waals surface area contributed by atoms with E-state index in [1.165, 1.54) is 0 Å². The van der Waals surface area contributed by atoms with Crippen molar-refractivity contribution in [3.63, 3.8) is 0 Å². The van der Waals surface area contributed by atoms with Crippen molar-refractivity contribution in [3.05, 3.63) is 0 Å². The van der Waals surface area contributed by atoms with Crippen molar-refractivity contribution in [1.82, 2.24) is 0 Å². The van der Waals surface area contributed by atoms with Crippen molar-refractivity contribution >= 4 is 42.9 Å². The molecule has 0 aromatic heterocycles. The number of hydrogen-bond acceptors (Lipinski definition) is 2. The summed E-state index contributed by atoms with van der Waals surface area (Å²) in [6, 6.07) is 0. The SMILES string of the molecule is F.O=S(=O)(Cl)C(Cl)Cl. The minimum Gasteiger partial charge on any atom is -0.269 e. The van der Waals surface area contributed by atoms with Crippen molar-refractivity contribution < 1.29 is 13.1 Å². The Morgan fingerprint density at radius 3 is 1.38 bits per heavy atom. The van der Waals surface area contributed by atoms with Crippen LogP contribution >= 0.6 is 33.9 Å². The van der Waals surface area contributed by atoms with Gasteiger partial charge in [0.2, 0.25) is 4.17 Å². The van der Waals surface area contributed by atoms with Gasteiger partial charge in [-0.2, -0.15) is 0 Å². The van der Waals surface area contributed by atoms with Crippen molar-refractivity contribution in [2.24, 2.45) is 0 Å². The first-order chi connectivity index (χ1) is 2.94. The van der Waals surface area contributed by atoms with E-state index < -0.39 is 13.2 Å². The van der Waals surface area contributed by atoms with Gasteiger partial charge >= 0.3 is 0 Å². The van der Waals surface area contributed by atoms with Gasteiger partial charge in [-0.3, -0.25) is 4.70 Å². The summed E-state index contributed by atoms with van der Waals surface area (Å²) in [5.41, 5.74) is 0. The van der Waals surface area contributed by atoms with Crippen molar-refractivity contribution in [2.75, 3.05) is 0 Å². The van der Waals surface area contributed by atoms with Crippen LogP contribution in [0.4, 0.5) is 4.70 Å². The third kappa shape index (κ3) is 4.90. The topological polar surface area (TPSA) is 34.1 Å². The zero-order valence-electron chi connectivity index (χ0n) is 3.34. The largest absolute Gasteiger partial charge is 0.269 e. The Labute approximate surface area is 60.5 Å². The number of rotatable bonds is 1. The number of alkyl halides is 2. The summed E-state index contributed by atoms with van der Waals surface area (Å²) in [7, 11) is 0.839. The lowest BCUT2D eigenvalue weighted by Gasteiger charge is -1.88. The highest BCUT2D eigenvalue weighted by atomic mass is 35.7. The van der Waals surface area contributed by atoms with Gasteiger partial charge in [-0.1, -0.05) is 23.2 Å². The molecule has 0 saturated carbocycles. The number of halogens is 4. The van der Waals surface area contributed by atoms with E-state index >= 15 is 0 Å². The van der Waals surface area contributed by atoms with E-state index in [1.807, 2.05) is 0 Å². The first-order valence-corrected chi connectivity index (χ1v) is 4.41. The quantitative estimate of drug-likeness (QED) is 0.478. The molecule has 0 aromatic rings. The van der Waals surface area contributed by atoms with Crippen LogP contribution in [-0.4, -0.2) is 12.6 Å². The monoisotopic (exact) mass is 202 g/mol. The van der Waals surface area contributed by atoms with Gasteiger partial charge in [0, 0.05) is 10.7 Å². The molecule has 8 heavy (non-hydrogen) atoms. The summed E-state index contributed by atoms with van der Waals surface area (Å²) in [4.78, 5) is 0. The third-order valence-corrected chi connectivity index (χ3v) is 3.13. The molecular formula is CH2Cl3FO2S. The maximum atomic E-state index is 9.83. The van der Waals surface area contributed by atoms with Gasteiger partial charge in [0.25, 0.3) is 9.05 Å². The van der Waals surface area contributed by atoms with Gasteiger partial charge in [-0.15, -0.1) is 0 Å². The molecule has 0 bridgehead atoms. The molecule has 0 saturated heterocycles. The zero-order valence-corrected chi connectivity index (χ0v) is 6.43. The predicted octanol–water partition coefficient (Wildman–Crippen LogP) is 1.47. The zero-order chi connectivity index (χ0) is 6.08.